The Hall–Kier alpha value is -3.00. The number of hydrogen-bond acceptors (Lipinski definition) is 12. The van der Waals surface area contributed by atoms with Crippen LogP contribution in [0, 0.1) is 11.8 Å². The molecule has 3 aliphatic heterocycles. The first-order valence-corrected chi connectivity index (χ1v) is 13.1. The summed E-state index contributed by atoms with van der Waals surface area (Å²) in [6, 6.07) is 7.12. The quantitative estimate of drug-likeness (QED) is 0.350. The smallest absolute Gasteiger partial charge is 0.206 e. The van der Waals surface area contributed by atoms with Crippen molar-refractivity contribution in [2.75, 3.05) is 48.3 Å². The van der Waals surface area contributed by atoms with Gasteiger partial charge in [0.1, 0.15) is 12.2 Å². The van der Waals surface area contributed by atoms with Gasteiger partial charge in [-0.2, -0.15) is 0 Å². The molecular formula is C28H36O12. The van der Waals surface area contributed by atoms with Crippen molar-refractivity contribution in [3.05, 3.63) is 35.4 Å². The van der Waals surface area contributed by atoms with Gasteiger partial charge in [-0.3, -0.25) is 0 Å². The number of rotatable bonds is 9. The van der Waals surface area contributed by atoms with Crippen LogP contribution >= 0.6 is 0 Å². The fourth-order valence-electron chi connectivity index (χ4n) is 5.77. The Morgan fingerprint density at radius 1 is 0.775 bits per heavy atom. The number of benzene rings is 2. The highest BCUT2D eigenvalue weighted by Crippen LogP contribution is 2.53. The van der Waals surface area contributed by atoms with Crippen molar-refractivity contribution < 1.29 is 58.3 Å². The van der Waals surface area contributed by atoms with Crippen LogP contribution in [0.2, 0.25) is 0 Å². The van der Waals surface area contributed by atoms with E-state index < -0.39 is 31.2 Å². The number of phenolic OH excluding ortho intramolecular Hbond substituents is 1. The fourth-order valence-corrected chi connectivity index (χ4v) is 5.77. The summed E-state index contributed by atoms with van der Waals surface area (Å²) >= 11 is 0. The van der Waals surface area contributed by atoms with Crippen LogP contribution in [-0.4, -0.2) is 93.3 Å². The summed E-state index contributed by atoms with van der Waals surface area (Å²) in [7, 11) is 5.97. The molecule has 12 heteroatoms. The first-order valence-electron chi connectivity index (χ1n) is 13.1. The largest absolute Gasteiger partial charge is 0.502 e. The molecule has 40 heavy (non-hydrogen) atoms. The molecule has 0 aromatic heterocycles. The van der Waals surface area contributed by atoms with Crippen molar-refractivity contribution in [1.82, 2.24) is 0 Å². The average Bonchev–Trinajstić information content (AvgIpc) is 3.57. The zero-order valence-corrected chi connectivity index (χ0v) is 22.8. The standard InChI is InChI=1S/C28H36O12/c1-33-18-5-13(6-19(34-2)25(18)32)26-15-11-38-27(16(15)12-37-26)14-7-20(35-3)28(21(8-14)36-4)40-23-9-17(30)24(31)22(10-29)39-23/h5-8,15-17,22-24,26-27,29-32H,9-12H2,1-4H3/t15?,16?,17-,22-,23?,24+,26?,27?/m1/s1. The SMILES string of the molecule is COc1cc(C2OCC3C(c4cc(OC)c(OC5C[C@@H](O)[C@H](O)[C@@H](CO)O5)c(OC)c4)OCC23)cc(OC)c1O. The second-order valence-electron chi connectivity index (χ2n) is 10.1. The Labute approximate surface area is 231 Å². The highest BCUT2D eigenvalue weighted by Gasteiger charge is 2.49. The van der Waals surface area contributed by atoms with E-state index in [1.54, 1.807) is 12.1 Å². The van der Waals surface area contributed by atoms with Gasteiger partial charge in [0.15, 0.2) is 23.0 Å². The van der Waals surface area contributed by atoms with Crippen LogP contribution in [-0.2, 0) is 14.2 Å². The maximum atomic E-state index is 10.3. The highest BCUT2D eigenvalue weighted by molar-refractivity contribution is 5.55. The van der Waals surface area contributed by atoms with Crippen molar-refractivity contribution in [3.8, 4) is 34.5 Å². The first-order chi connectivity index (χ1) is 19.3. The summed E-state index contributed by atoms with van der Waals surface area (Å²) < 4.78 is 46.1. The van der Waals surface area contributed by atoms with Gasteiger partial charge >= 0.3 is 0 Å². The summed E-state index contributed by atoms with van der Waals surface area (Å²) in [5.41, 5.74) is 1.63. The number of aliphatic hydroxyl groups excluding tert-OH is 3. The van der Waals surface area contributed by atoms with E-state index in [2.05, 4.69) is 0 Å². The summed E-state index contributed by atoms with van der Waals surface area (Å²) in [6.07, 6.45) is -4.88. The Morgan fingerprint density at radius 2 is 1.25 bits per heavy atom. The Balaban J connectivity index is 1.38. The van der Waals surface area contributed by atoms with Crippen LogP contribution in [0.1, 0.15) is 29.8 Å². The molecular weight excluding hydrogens is 528 g/mol. The summed E-state index contributed by atoms with van der Waals surface area (Å²) in [5.74, 6) is 1.60. The van der Waals surface area contributed by atoms with E-state index in [1.807, 2.05) is 12.1 Å². The van der Waals surface area contributed by atoms with Gasteiger partial charge in [-0.15, -0.1) is 0 Å². The van der Waals surface area contributed by atoms with Crippen molar-refractivity contribution in [1.29, 1.82) is 0 Å². The van der Waals surface area contributed by atoms with Gasteiger partial charge in [0.2, 0.25) is 17.8 Å². The zero-order valence-electron chi connectivity index (χ0n) is 22.8. The lowest BCUT2D eigenvalue weighted by molar-refractivity contribution is -0.230. The molecule has 0 radical (unpaired) electrons. The Morgan fingerprint density at radius 3 is 1.70 bits per heavy atom. The molecule has 12 nitrogen and oxygen atoms in total. The molecule has 8 atom stereocenters. The predicted molar refractivity (Wildman–Crippen MR) is 138 cm³/mol. The van der Waals surface area contributed by atoms with Crippen LogP contribution in [0.4, 0.5) is 0 Å². The van der Waals surface area contributed by atoms with Crippen molar-refractivity contribution in [2.24, 2.45) is 11.8 Å². The maximum Gasteiger partial charge on any atom is 0.206 e. The molecule has 3 aliphatic rings. The molecule has 0 saturated carbocycles. The van der Waals surface area contributed by atoms with E-state index in [-0.39, 0.29) is 42.0 Å². The van der Waals surface area contributed by atoms with Crippen LogP contribution in [0.25, 0.3) is 0 Å². The number of aliphatic hydroxyl groups is 3. The van der Waals surface area contributed by atoms with Gasteiger partial charge in [0.25, 0.3) is 0 Å². The number of ether oxygens (including phenoxy) is 8. The Bertz CT molecular complexity index is 1140. The van der Waals surface area contributed by atoms with Crippen molar-refractivity contribution >= 4 is 0 Å². The number of methoxy groups -OCH3 is 4. The van der Waals surface area contributed by atoms with Crippen LogP contribution in [0.5, 0.6) is 34.5 Å². The minimum absolute atomic E-state index is 0.00717. The van der Waals surface area contributed by atoms with Crippen LogP contribution < -0.4 is 23.7 Å². The molecule has 0 bridgehead atoms. The van der Waals surface area contributed by atoms with E-state index in [1.165, 1.54) is 28.4 Å². The summed E-state index contributed by atoms with van der Waals surface area (Å²) in [5, 5.41) is 40.0. The fraction of sp³-hybridized carbons (Fsp3) is 0.571. The molecule has 2 aromatic carbocycles. The van der Waals surface area contributed by atoms with Gasteiger partial charge in [0.05, 0.1) is 66.6 Å². The highest BCUT2D eigenvalue weighted by atomic mass is 16.7. The molecule has 3 heterocycles. The van der Waals surface area contributed by atoms with Crippen LogP contribution in [0.3, 0.4) is 0 Å². The van der Waals surface area contributed by atoms with Gasteiger partial charge in [-0.05, 0) is 35.4 Å². The average molecular weight is 565 g/mol. The van der Waals surface area contributed by atoms with E-state index in [4.69, 9.17) is 37.9 Å². The predicted octanol–water partition coefficient (Wildman–Crippen LogP) is 1.71. The topological polar surface area (TPSA) is 155 Å². The van der Waals surface area contributed by atoms with Crippen LogP contribution in [0.15, 0.2) is 24.3 Å². The van der Waals surface area contributed by atoms with Gasteiger partial charge in [0, 0.05) is 18.3 Å². The molecule has 0 aliphatic carbocycles. The summed E-state index contributed by atoms with van der Waals surface area (Å²) in [6.45, 7) is 0.430. The van der Waals surface area contributed by atoms with Gasteiger partial charge in [-0.1, -0.05) is 0 Å². The van der Waals surface area contributed by atoms with Crippen molar-refractivity contribution in [3.63, 3.8) is 0 Å². The molecule has 0 spiro atoms. The number of aromatic hydroxyl groups is 1. The lowest BCUT2D eigenvalue weighted by atomic mass is 9.84. The molecule has 0 amide bonds. The minimum atomic E-state index is -1.22. The third-order valence-electron chi connectivity index (χ3n) is 7.87. The molecule has 3 saturated heterocycles. The number of hydrogen-bond donors (Lipinski definition) is 4. The second-order valence-corrected chi connectivity index (χ2v) is 10.1. The molecule has 5 unspecified atom stereocenters. The third-order valence-corrected chi connectivity index (χ3v) is 7.87. The lowest BCUT2D eigenvalue weighted by Crippen LogP contribution is -2.51. The molecule has 220 valence electrons. The minimum Gasteiger partial charge on any atom is -0.502 e. The third kappa shape index (κ3) is 5.11. The first kappa shape index (κ1) is 28.5. The molecule has 2 aromatic rings. The van der Waals surface area contributed by atoms with E-state index in [0.717, 1.165) is 11.1 Å². The van der Waals surface area contributed by atoms with Gasteiger partial charge in [-0.25, -0.2) is 0 Å². The zero-order chi connectivity index (χ0) is 28.6. The summed E-state index contributed by atoms with van der Waals surface area (Å²) in [4.78, 5) is 0. The van der Waals surface area contributed by atoms with E-state index >= 15 is 0 Å². The monoisotopic (exact) mass is 564 g/mol. The lowest BCUT2D eigenvalue weighted by Gasteiger charge is -2.36. The number of fused-ring (bicyclic) bond motifs is 1. The Kier molecular flexibility index (Phi) is 8.45. The number of phenols is 1. The second kappa shape index (κ2) is 11.9. The maximum absolute atomic E-state index is 10.3. The normalized spacial score (nSPS) is 31.5. The van der Waals surface area contributed by atoms with Crippen molar-refractivity contribution in [2.45, 2.75) is 43.2 Å². The van der Waals surface area contributed by atoms with E-state index in [9.17, 15) is 20.4 Å². The molecule has 4 N–H and O–H groups in total. The molecule has 3 fully saturated rings. The van der Waals surface area contributed by atoms with E-state index in [0.29, 0.717) is 36.2 Å². The van der Waals surface area contributed by atoms with Gasteiger partial charge < -0.3 is 58.3 Å². The molecule has 5 rings (SSSR count).